The minimum atomic E-state index is -3.59. The summed E-state index contributed by atoms with van der Waals surface area (Å²) in [6.07, 6.45) is 4.13. The van der Waals surface area contributed by atoms with Crippen molar-refractivity contribution in [1.82, 2.24) is 20.3 Å². The molecule has 0 saturated heterocycles. The highest BCUT2D eigenvalue weighted by molar-refractivity contribution is 7.86. The smallest absolute Gasteiger partial charge is 0.320 e. The molecule has 3 aromatic rings. The average Bonchev–Trinajstić information content (AvgIpc) is 2.65. The van der Waals surface area contributed by atoms with Gasteiger partial charge in [-0.2, -0.15) is 8.42 Å². The van der Waals surface area contributed by atoms with Gasteiger partial charge < -0.3 is 9.50 Å². The van der Waals surface area contributed by atoms with E-state index in [1.165, 1.54) is 12.1 Å². The molecule has 0 spiro atoms. The molecular formula is C18H17N5O4S. The van der Waals surface area contributed by atoms with Gasteiger partial charge in [-0.05, 0) is 36.4 Å². The monoisotopic (exact) mass is 399 g/mol. The Kier molecular flexibility index (Phi) is 5.50. The van der Waals surface area contributed by atoms with E-state index in [-0.39, 0.29) is 5.75 Å². The lowest BCUT2D eigenvalue weighted by atomic mass is 10.1. The van der Waals surface area contributed by atoms with E-state index in [0.29, 0.717) is 34.8 Å². The number of aromatic nitrogens is 3. The number of nitrogens with one attached hydrogen (secondary N) is 2. The summed E-state index contributed by atoms with van der Waals surface area (Å²) in [5.74, 6) is 0.535. The summed E-state index contributed by atoms with van der Waals surface area (Å²) in [7, 11) is -3.59. The van der Waals surface area contributed by atoms with Crippen LogP contribution in [0.5, 0.6) is 5.75 Å². The fourth-order valence-electron chi connectivity index (χ4n) is 2.29. The van der Waals surface area contributed by atoms with Gasteiger partial charge in [0, 0.05) is 12.1 Å². The highest BCUT2D eigenvalue weighted by Gasteiger charge is 2.09. The molecule has 2 aromatic heterocycles. The number of hydrogen-bond donors (Lipinski definition) is 2. The van der Waals surface area contributed by atoms with Gasteiger partial charge in [0.05, 0.1) is 18.1 Å². The molecule has 2 amide bonds. The third kappa shape index (κ3) is 5.01. The topological polar surface area (TPSA) is 123 Å². The third-order valence-corrected chi connectivity index (χ3v) is 3.95. The van der Waals surface area contributed by atoms with E-state index in [1.54, 1.807) is 36.5 Å². The molecule has 0 unspecified atom stereocenters. The van der Waals surface area contributed by atoms with E-state index in [2.05, 4.69) is 32.2 Å². The standard InChI is InChI=1S/C18H17N5O4S/c1-3-10-19-18(24)23-16-9-8-14-17(22-16)21-15(11-20-14)12-4-6-13(7-5-12)27-28(2,25)26/h3-9,11H,1,10H2,2H3,(H2,19,21,22,23,24). The number of urea groups is 1. The molecule has 9 nitrogen and oxygen atoms in total. The number of fused-ring (bicyclic) bond motifs is 1. The number of carbonyl (C=O) groups excluding carboxylic acids is 1. The Balaban J connectivity index is 1.84. The van der Waals surface area contributed by atoms with E-state index in [1.807, 2.05) is 0 Å². The normalized spacial score (nSPS) is 11.0. The van der Waals surface area contributed by atoms with Crippen molar-refractivity contribution in [2.75, 3.05) is 18.1 Å². The number of rotatable bonds is 6. The fraction of sp³-hybridized carbons (Fsp3) is 0.111. The van der Waals surface area contributed by atoms with Crippen LogP contribution in [0.1, 0.15) is 0 Å². The molecule has 1 aromatic carbocycles. The minimum absolute atomic E-state index is 0.204. The molecule has 144 valence electrons. The zero-order valence-corrected chi connectivity index (χ0v) is 15.7. The lowest BCUT2D eigenvalue weighted by Crippen LogP contribution is -2.28. The molecule has 0 atom stereocenters. The molecule has 0 aliphatic rings. The van der Waals surface area contributed by atoms with Crippen molar-refractivity contribution in [2.45, 2.75) is 0 Å². The third-order valence-electron chi connectivity index (χ3n) is 3.45. The number of anilines is 1. The van der Waals surface area contributed by atoms with Crippen LogP contribution >= 0.6 is 0 Å². The van der Waals surface area contributed by atoms with Gasteiger partial charge in [0.25, 0.3) is 0 Å². The van der Waals surface area contributed by atoms with Crippen molar-refractivity contribution < 1.29 is 17.4 Å². The second-order valence-corrected chi connectivity index (χ2v) is 7.30. The first-order valence-electron chi connectivity index (χ1n) is 8.13. The molecule has 0 bridgehead atoms. The Hall–Kier alpha value is -3.53. The highest BCUT2D eigenvalue weighted by Crippen LogP contribution is 2.22. The van der Waals surface area contributed by atoms with E-state index in [9.17, 15) is 13.2 Å². The van der Waals surface area contributed by atoms with Crippen LogP contribution in [0.15, 0.2) is 55.3 Å². The Morgan fingerprint density at radius 1 is 1.18 bits per heavy atom. The fourth-order valence-corrected chi connectivity index (χ4v) is 2.75. The van der Waals surface area contributed by atoms with Crippen molar-refractivity contribution >= 4 is 33.1 Å². The Bertz CT molecular complexity index is 1130. The molecule has 10 heteroatoms. The maximum absolute atomic E-state index is 11.7. The highest BCUT2D eigenvalue weighted by atomic mass is 32.2. The first-order chi connectivity index (χ1) is 13.3. The number of hydrogen-bond acceptors (Lipinski definition) is 7. The Morgan fingerprint density at radius 3 is 2.61 bits per heavy atom. The van der Waals surface area contributed by atoms with Crippen LogP contribution in [0.3, 0.4) is 0 Å². The van der Waals surface area contributed by atoms with Crippen LogP contribution in [-0.4, -0.2) is 42.2 Å². The van der Waals surface area contributed by atoms with E-state index in [4.69, 9.17) is 4.18 Å². The molecule has 0 aliphatic carbocycles. The summed E-state index contributed by atoms with van der Waals surface area (Å²) < 4.78 is 27.2. The van der Waals surface area contributed by atoms with Gasteiger partial charge in [0.2, 0.25) is 0 Å². The second-order valence-electron chi connectivity index (χ2n) is 5.73. The predicted molar refractivity (Wildman–Crippen MR) is 105 cm³/mol. The van der Waals surface area contributed by atoms with E-state index >= 15 is 0 Å². The maximum atomic E-state index is 11.7. The van der Waals surface area contributed by atoms with Crippen molar-refractivity contribution in [1.29, 1.82) is 0 Å². The molecule has 0 fully saturated rings. The molecule has 0 aliphatic heterocycles. The van der Waals surface area contributed by atoms with Gasteiger partial charge in [-0.25, -0.2) is 14.8 Å². The average molecular weight is 399 g/mol. The Labute approximate surface area is 161 Å². The van der Waals surface area contributed by atoms with Gasteiger partial charge in [0.15, 0.2) is 5.65 Å². The van der Waals surface area contributed by atoms with Crippen LogP contribution < -0.4 is 14.8 Å². The summed E-state index contributed by atoms with van der Waals surface area (Å²) >= 11 is 0. The van der Waals surface area contributed by atoms with Crippen LogP contribution in [0.2, 0.25) is 0 Å². The van der Waals surface area contributed by atoms with E-state index in [0.717, 1.165) is 6.26 Å². The van der Waals surface area contributed by atoms with Crippen molar-refractivity contribution in [3.63, 3.8) is 0 Å². The quantitative estimate of drug-likeness (QED) is 0.482. The van der Waals surface area contributed by atoms with Crippen molar-refractivity contribution in [3.8, 4) is 17.0 Å². The summed E-state index contributed by atoms with van der Waals surface area (Å²) in [4.78, 5) is 24.8. The number of nitrogens with zero attached hydrogens (tertiary/aromatic N) is 3. The van der Waals surface area contributed by atoms with E-state index < -0.39 is 16.1 Å². The lowest BCUT2D eigenvalue weighted by Gasteiger charge is -2.07. The summed E-state index contributed by atoms with van der Waals surface area (Å²) in [5.41, 5.74) is 2.17. The zero-order chi connectivity index (χ0) is 20.1. The van der Waals surface area contributed by atoms with Crippen LogP contribution in [-0.2, 0) is 10.1 Å². The van der Waals surface area contributed by atoms with Crippen LogP contribution in [0, 0.1) is 0 Å². The molecule has 28 heavy (non-hydrogen) atoms. The first kappa shape index (κ1) is 19.2. The molecule has 0 saturated carbocycles. The molecule has 2 N–H and O–H groups in total. The number of amides is 2. The number of carbonyl (C=O) groups is 1. The van der Waals surface area contributed by atoms with Crippen LogP contribution in [0.4, 0.5) is 10.6 Å². The SMILES string of the molecule is C=CCNC(=O)Nc1ccc2ncc(-c3ccc(OS(C)(=O)=O)cc3)nc2n1. The Morgan fingerprint density at radius 2 is 1.93 bits per heavy atom. The predicted octanol–water partition coefficient (Wildman–Crippen LogP) is 2.34. The van der Waals surface area contributed by atoms with Crippen LogP contribution in [0.25, 0.3) is 22.4 Å². The first-order valence-corrected chi connectivity index (χ1v) is 9.95. The second kappa shape index (κ2) is 8.01. The van der Waals surface area contributed by atoms with Gasteiger partial charge in [-0.3, -0.25) is 10.3 Å². The van der Waals surface area contributed by atoms with Crippen molar-refractivity contribution in [3.05, 3.63) is 55.3 Å². The minimum Gasteiger partial charge on any atom is -0.383 e. The van der Waals surface area contributed by atoms with Crippen molar-refractivity contribution in [2.24, 2.45) is 0 Å². The van der Waals surface area contributed by atoms with Gasteiger partial charge in [-0.15, -0.1) is 6.58 Å². The maximum Gasteiger partial charge on any atom is 0.320 e. The molecule has 3 rings (SSSR count). The summed E-state index contributed by atoms with van der Waals surface area (Å²) in [5, 5.41) is 5.20. The zero-order valence-electron chi connectivity index (χ0n) is 14.9. The van der Waals surface area contributed by atoms with Gasteiger partial charge in [0.1, 0.15) is 17.1 Å². The molecular weight excluding hydrogens is 382 g/mol. The summed E-state index contributed by atoms with van der Waals surface area (Å²) in [6.45, 7) is 3.86. The lowest BCUT2D eigenvalue weighted by molar-refractivity contribution is 0.253. The molecule has 2 heterocycles. The number of pyridine rings is 1. The van der Waals surface area contributed by atoms with Gasteiger partial charge >= 0.3 is 16.1 Å². The largest absolute Gasteiger partial charge is 0.383 e. The molecule has 0 radical (unpaired) electrons. The van der Waals surface area contributed by atoms with Gasteiger partial charge in [-0.1, -0.05) is 6.08 Å². The number of benzene rings is 1. The summed E-state index contributed by atoms with van der Waals surface area (Å²) in [6, 6.07) is 9.31.